The first-order valence-electron chi connectivity index (χ1n) is 10.6. The number of carbonyl (C=O) groups is 1. The van der Waals surface area contributed by atoms with E-state index in [1.807, 2.05) is 48.7 Å². The minimum absolute atomic E-state index is 0.0123. The van der Waals surface area contributed by atoms with Gasteiger partial charge in [0, 0.05) is 16.6 Å². The van der Waals surface area contributed by atoms with Crippen LogP contribution in [0.3, 0.4) is 0 Å². The van der Waals surface area contributed by atoms with Crippen molar-refractivity contribution in [3.8, 4) is 22.6 Å². The molecule has 0 aliphatic carbocycles. The van der Waals surface area contributed by atoms with Crippen LogP contribution >= 0.6 is 11.3 Å². The van der Waals surface area contributed by atoms with Crippen LogP contribution in [0.5, 0.6) is 11.5 Å². The number of hydrogen-bond acceptors (Lipinski definition) is 9. The van der Waals surface area contributed by atoms with Crippen LogP contribution in [-0.2, 0) is 22.5 Å². The van der Waals surface area contributed by atoms with Crippen LogP contribution in [0.15, 0.2) is 41.8 Å². The number of thiophene rings is 1. The van der Waals surface area contributed by atoms with Gasteiger partial charge in [0.15, 0.2) is 11.5 Å². The molecule has 1 aliphatic rings. The van der Waals surface area contributed by atoms with Gasteiger partial charge in [0.05, 0.1) is 24.2 Å². The molecule has 168 valence electrons. The van der Waals surface area contributed by atoms with E-state index in [0.29, 0.717) is 30.5 Å². The van der Waals surface area contributed by atoms with E-state index in [1.54, 1.807) is 6.92 Å². The first kappa shape index (κ1) is 21.1. The number of hydrogen-bond donors (Lipinski definition) is 1. The number of nitrogens with one attached hydrogen (secondary N) is 1. The fraction of sp³-hybridized carbons (Fsp3) is 0.250. The van der Waals surface area contributed by atoms with E-state index in [2.05, 4.69) is 15.3 Å². The van der Waals surface area contributed by atoms with Crippen molar-refractivity contribution in [2.24, 2.45) is 0 Å². The number of rotatable bonds is 7. The average molecular weight is 463 g/mol. The Morgan fingerprint density at radius 1 is 1.15 bits per heavy atom. The molecule has 0 spiro atoms. The van der Waals surface area contributed by atoms with Crippen LogP contribution in [0.25, 0.3) is 21.3 Å². The predicted octanol–water partition coefficient (Wildman–Crippen LogP) is 4.51. The van der Waals surface area contributed by atoms with Crippen molar-refractivity contribution < 1.29 is 19.0 Å². The van der Waals surface area contributed by atoms with Gasteiger partial charge in [-0.25, -0.2) is 9.97 Å². The quantitative estimate of drug-likeness (QED) is 0.401. The highest BCUT2D eigenvalue weighted by Crippen LogP contribution is 2.41. The van der Waals surface area contributed by atoms with Gasteiger partial charge in [0.25, 0.3) is 0 Å². The van der Waals surface area contributed by atoms with Crippen LogP contribution in [0.4, 0.5) is 5.82 Å². The van der Waals surface area contributed by atoms with Gasteiger partial charge in [-0.05, 0) is 43.7 Å². The fourth-order valence-electron chi connectivity index (χ4n) is 3.68. The highest BCUT2D eigenvalue weighted by Gasteiger charge is 2.20. The Kier molecular flexibility index (Phi) is 5.78. The van der Waals surface area contributed by atoms with E-state index in [9.17, 15) is 4.79 Å². The van der Waals surface area contributed by atoms with Gasteiger partial charge in [0.2, 0.25) is 6.79 Å². The number of aryl methyl sites for hydroxylation is 1. The van der Waals surface area contributed by atoms with E-state index in [0.717, 1.165) is 38.5 Å². The van der Waals surface area contributed by atoms with E-state index in [-0.39, 0.29) is 19.2 Å². The number of anilines is 1. The third-order valence-corrected chi connectivity index (χ3v) is 6.03. The third kappa shape index (κ3) is 4.45. The highest BCUT2D eigenvalue weighted by molar-refractivity contribution is 7.17. The summed E-state index contributed by atoms with van der Waals surface area (Å²) in [6.07, 6.45) is 0.0123. The van der Waals surface area contributed by atoms with Gasteiger partial charge < -0.3 is 19.5 Å². The molecule has 1 aromatic carbocycles. The highest BCUT2D eigenvalue weighted by atomic mass is 32.1. The van der Waals surface area contributed by atoms with E-state index in [1.165, 1.54) is 11.3 Å². The first-order chi connectivity index (χ1) is 16.1. The van der Waals surface area contributed by atoms with Crippen molar-refractivity contribution in [1.29, 1.82) is 0 Å². The molecule has 3 aromatic heterocycles. The molecule has 1 aliphatic heterocycles. The summed E-state index contributed by atoms with van der Waals surface area (Å²) < 4.78 is 16.1. The minimum Gasteiger partial charge on any atom is -0.466 e. The van der Waals surface area contributed by atoms with Gasteiger partial charge in [-0.1, -0.05) is 12.1 Å². The maximum absolute atomic E-state index is 12.1. The number of benzene rings is 1. The lowest BCUT2D eigenvalue weighted by molar-refractivity contribution is -0.142. The van der Waals surface area contributed by atoms with Crippen molar-refractivity contribution in [2.75, 3.05) is 18.7 Å². The number of nitrogens with zero attached hydrogens (tertiary/aromatic N) is 3. The Morgan fingerprint density at radius 2 is 2.03 bits per heavy atom. The zero-order chi connectivity index (χ0) is 22.8. The number of carbonyl (C=O) groups excluding carboxylic acids is 1. The molecule has 4 heterocycles. The summed E-state index contributed by atoms with van der Waals surface area (Å²) in [5.41, 5.74) is 3.80. The summed E-state index contributed by atoms with van der Waals surface area (Å²) in [6.45, 7) is 4.77. The molecule has 4 aromatic rings. The number of fused-ring (bicyclic) bond motifs is 2. The second-order valence-corrected chi connectivity index (χ2v) is 8.35. The molecule has 0 fully saturated rings. The standard InChI is InChI=1S/C24H22N4O4S/c1-3-30-21(29)10-20-27-23(25-11-16-6-4-5-14(2)26-16)22-17(12-33-24(22)28-20)15-7-8-18-19(9-15)32-13-31-18/h4-9,12H,3,10-11,13H2,1-2H3,(H,25,27,28). The SMILES string of the molecule is CCOC(=O)Cc1nc(NCc2cccc(C)n2)c2c(-c3ccc4c(c3)OCO4)csc2n1. The topological polar surface area (TPSA) is 95.5 Å². The fourth-order valence-corrected chi connectivity index (χ4v) is 4.65. The van der Waals surface area contributed by atoms with Crippen molar-refractivity contribution in [2.45, 2.75) is 26.8 Å². The molecule has 0 unspecified atom stereocenters. The lowest BCUT2D eigenvalue weighted by Crippen LogP contribution is -2.12. The molecule has 0 saturated carbocycles. The zero-order valence-electron chi connectivity index (χ0n) is 18.3. The van der Waals surface area contributed by atoms with Gasteiger partial charge in [-0.15, -0.1) is 11.3 Å². The lowest BCUT2D eigenvalue weighted by Gasteiger charge is -2.11. The number of ether oxygens (including phenoxy) is 3. The second kappa shape index (κ2) is 9.03. The summed E-state index contributed by atoms with van der Waals surface area (Å²) >= 11 is 1.50. The third-order valence-electron chi connectivity index (χ3n) is 5.15. The van der Waals surface area contributed by atoms with Crippen molar-refractivity contribution >= 4 is 33.3 Å². The molecule has 1 N–H and O–H groups in total. The van der Waals surface area contributed by atoms with Crippen molar-refractivity contribution in [1.82, 2.24) is 15.0 Å². The summed E-state index contributed by atoms with van der Waals surface area (Å²) in [4.78, 5) is 26.7. The summed E-state index contributed by atoms with van der Waals surface area (Å²) in [6, 6.07) is 11.8. The van der Waals surface area contributed by atoms with Gasteiger partial charge >= 0.3 is 5.97 Å². The molecule has 8 nitrogen and oxygen atoms in total. The average Bonchev–Trinajstić information content (AvgIpc) is 3.44. The lowest BCUT2D eigenvalue weighted by atomic mass is 10.1. The molecule has 0 amide bonds. The number of esters is 1. The molecule has 0 saturated heterocycles. The largest absolute Gasteiger partial charge is 0.466 e. The van der Waals surface area contributed by atoms with E-state index < -0.39 is 0 Å². The number of aromatic nitrogens is 3. The predicted molar refractivity (Wildman–Crippen MR) is 126 cm³/mol. The van der Waals surface area contributed by atoms with Crippen LogP contribution in [0.2, 0.25) is 0 Å². The molecule has 0 bridgehead atoms. The molecular weight excluding hydrogens is 440 g/mol. The van der Waals surface area contributed by atoms with Gasteiger partial charge in [-0.2, -0.15) is 0 Å². The first-order valence-corrected chi connectivity index (χ1v) is 11.5. The van der Waals surface area contributed by atoms with E-state index >= 15 is 0 Å². The Balaban J connectivity index is 1.55. The summed E-state index contributed by atoms with van der Waals surface area (Å²) in [7, 11) is 0. The van der Waals surface area contributed by atoms with Gasteiger partial charge in [-0.3, -0.25) is 9.78 Å². The second-order valence-electron chi connectivity index (χ2n) is 7.49. The molecule has 0 atom stereocenters. The maximum Gasteiger partial charge on any atom is 0.313 e. The molecule has 0 radical (unpaired) electrons. The van der Waals surface area contributed by atoms with E-state index in [4.69, 9.17) is 19.2 Å². The smallest absolute Gasteiger partial charge is 0.313 e. The van der Waals surface area contributed by atoms with Gasteiger partial charge in [0.1, 0.15) is 22.9 Å². The minimum atomic E-state index is -0.351. The molecule has 33 heavy (non-hydrogen) atoms. The summed E-state index contributed by atoms with van der Waals surface area (Å²) in [5.74, 6) is 2.16. The van der Waals surface area contributed by atoms with Crippen LogP contribution in [-0.4, -0.2) is 34.3 Å². The van der Waals surface area contributed by atoms with Crippen LogP contribution in [0, 0.1) is 6.92 Å². The Labute approximate surface area is 194 Å². The molecular formula is C24H22N4O4S. The van der Waals surface area contributed by atoms with Crippen molar-refractivity contribution in [3.63, 3.8) is 0 Å². The number of pyridine rings is 1. The Morgan fingerprint density at radius 3 is 2.88 bits per heavy atom. The molecule has 9 heteroatoms. The Hall–Kier alpha value is -3.72. The summed E-state index contributed by atoms with van der Waals surface area (Å²) in [5, 5.41) is 6.34. The molecule has 5 rings (SSSR count). The van der Waals surface area contributed by atoms with Crippen LogP contribution < -0.4 is 14.8 Å². The Bertz CT molecular complexity index is 1340. The monoisotopic (exact) mass is 462 g/mol. The normalized spacial score (nSPS) is 12.2. The maximum atomic E-state index is 12.1. The van der Waals surface area contributed by atoms with Crippen molar-refractivity contribution in [3.05, 3.63) is 59.0 Å². The zero-order valence-corrected chi connectivity index (χ0v) is 19.1. The van der Waals surface area contributed by atoms with Crippen LogP contribution in [0.1, 0.15) is 24.1 Å².